The number of ether oxygens (including phenoxy) is 2. The number of methoxy groups -OCH3 is 1. The number of aromatic nitrogens is 1. The standard InChI is InChI=1S/C33H43N5O7/c1-20(2)16-25(38-31(42)26-17-22-23(36-26)9-6-10-28(22)44-3)30(41)37-24(12-11-21-8-7-15-35-29(21)40)27(39)18-45-32(43)33(19-34)13-4-5-14-33/h6,9-10,17,20-21,24-25,36H,4-5,7-8,11-16,18H2,1-3H3,(H,35,40)(H,37,41)(H,38,42)/t21-,24-,25-/m0/s1. The monoisotopic (exact) mass is 621 g/mol. The van der Waals surface area contributed by atoms with Crippen LogP contribution in [0, 0.1) is 28.6 Å². The SMILES string of the molecule is COc1cccc2[nH]c(C(=O)N[C@@H](CC(C)C)C(=O)N[C@@H](CC[C@@H]3CCCNC3=O)C(=O)COC(=O)C3(C#N)CCCC3)cc12. The maximum Gasteiger partial charge on any atom is 0.326 e. The first kappa shape index (κ1) is 33.5. The Hall–Kier alpha value is -4.40. The molecular weight excluding hydrogens is 578 g/mol. The van der Waals surface area contributed by atoms with Gasteiger partial charge in [0, 0.05) is 23.4 Å². The minimum atomic E-state index is -1.25. The summed E-state index contributed by atoms with van der Waals surface area (Å²) in [7, 11) is 1.54. The number of H-pyrrole nitrogens is 1. The van der Waals surface area contributed by atoms with Crippen LogP contribution in [0.1, 0.15) is 82.1 Å². The molecule has 1 aromatic heterocycles. The molecule has 2 fully saturated rings. The fraction of sp³-hybridized carbons (Fsp3) is 0.576. The summed E-state index contributed by atoms with van der Waals surface area (Å²) in [6.45, 7) is 3.82. The van der Waals surface area contributed by atoms with Crippen LogP contribution in [-0.2, 0) is 23.9 Å². The van der Waals surface area contributed by atoms with E-state index in [0.29, 0.717) is 49.9 Å². The van der Waals surface area contributed by atoms with E-state index < -0.39 is 47.7 Å². The van der Waals surface area contributed by atoms with Crippen molar-refractivity contribution >= 4 is 40.4 Å². The van der Waals surface area contributed by atoms with Gasteiger partial charge in [0.05, 0.1) is 19.2 Å². The van der Waals surface area contributed by atoms with Gasteiger partial charge in [-0.15, -0.1) is 0 Å². The number of esters is 1. The number of rotatable bonds is 14. The van der Waals surface area contributed by atoms with Gasteiger partial charge < -0.3 is 30.4 Å². The lowest BCUT2D eigenvalue weighted by Crippen LogP contribution is -2.53. The first-order valence-electron chi connectivity index (χ1n) is 15.7. The number of piperidine rings is 1. The largest absolute Gasteiger partial charge is 0.496 e. The van der Waals surface area contributed by atoms with Crippen LogP contribution in [0.25, 0.3) is 10.9 Å². The molecule has 1 aliphatic carbocycles. The van der Waals surface area contributed by atoms with Gasteiger partial charge in [0.25, 0.3) is 5.91 Å². The molecule has 242 valence electrons. The second-order valence-electron chi connectivity index (χ2n) is 12.5. The molecule has 4 N–H and O–H groups in total. The van der Waals surface area contributed by atoms with E-state index in [-0.39, 0.29) is 29.9 Å². The molecule has 12 heteroatoms. The lowest BCUT2D eigenvalue weighted by Gasteiger charge is -2.26. The molecule has 1 saturated carbocycles. The summed E-state index contributed by atoms with van der Waals surface area (Å²) in [5.41, 5.74) is -0.303. The van der Waals surface area contributed by atoms with Gasteiger partial charge in [0.2, 0.25) is 11.8 Å². The Labute approximate surface area is 263 Å². The number of nitrogens with one attached hydrogen (secondary N) is 4. The van der Waals surface area contributed by atoms with E-state index in [0.717, 1.165) is 24.6 Å². The Balaban J connectivity index is 1.48. The highest BCUT2D eigenvalue weighted by atomic mass is 16.5. The third kappa shape index (κ3) is 8.21. The molecule has 2 aliphatic rings. The third-order valence-electron chi connectivity index (χ3n) is 8.73. The summed E-state index contributed by atoms with van der Waals surface area (Å²) in [6.07, 6.45) is 4.50. The number of Topliss-reactive ketones (excluding diaryl/α,β-unsaturated/α-hetero) is 1. The third-order valence-corrected chi connectivity index (χ3v) is 8.73. The predicted octanol–water partition coefficient (Wildman–Crippen LogP) is 3.31. The zero-order valence-corrected chi connectivity index (χ0v) is 26.2. The Kier molecular flexibility index (Phi) is 11.2. The second-order valence-corrected chi connectivity index (χ2v) is 12.5. The van der Waals surface area contributed by atoms with Crippen molar-refractivity contribution in [1.29, 1.82) is 5.26 Å². The molecule has 12 nitrogen and oxygen atoms in total. The van der Waals surface area contributed by atoms with E-state index in [2.05, 4.69) is 27.0 Å². The summed E-state index contributed by atoms with van der Waals surface area (Å²) in [6, 6.07) is 7.08. The van der Waals surface area contributed by atoms with Gasteiger partial charge in [-0.1, -0.05) is 32.8 Å². The van der Waals surface area contributed by atoms with Gasteiger partial charge >= 0.3 is 5.97 Å². The molecule has 1 aromatic carbocycles. The van der Waals surface area contributed by atoms with Crippen LogP contribution in [0.5, 0.6) is 5.75 Å². The van der Waals surface area contributed by atoms with Crippen LogP contribution >= 0.6 is 0 Å². The van der Waals surface area contributed by atoms with Gasteiger partial charge in [-0.3, -0.25) is 24.0 Å². The number of amides is 3. The number of carbonyl (C=O) groups is 5. The number of benzene rings is 1. The fourth-order valence-electron chi connectivity index (χ4n) is 6.15. The number of hydrogen-bond acceptors (Lipinski definition) is 8. The van der Waals surface area contributed by atoms with E-state index in [9.17, 15) is 29.2 Å². The molecule has 3 amide bonds. The fourth-order valence-corrected chi connectivity index (χ4v) is 6.15. The molecule has 1 saturated heterocycles. The van der Waals surface area contributed by atoms with Crippen molar-refractivity contribution in [2.24, 2.45) is 17.3 Å². The molecule has 0 spiro atoms. The molecule has 2 heterocycles. The number of fused-ring (bicyclic) bond motifs is 1. The Morgan fingerprint density at radius 3 is 2.53 bits per heavy atom. The zero-order valence-electron chi connectivity index (χ0n) is 26.2. The molecule has 1 aliphatic heterocycles. The van der Waals surface area contributed by atoms with E-state index in [1.54, 1.807) is 25.3 Å². The normalized spacial score (nSPS) is 18.8. The maximum atomic E-state index is 13.7. The number of ketones is 1. The van der Waals surface area contributed by atoms with Crippen molar-refractivity contribution in [3.05, 3.63) is 30.0 Å². The highest BCUT2D eigenvalue weighted by Gasteiger charge is 2.43. The van der Waals surface area contributed by atoms with Crippen molar-refractivity contribution in [3.63, 3.8) is 0 Å². The highest BCUT2D eigenvalue weighted by Crippen LogP contribution is 2.38. The molecule has 3 atom stereocenters. The smallest absolute Gasteiger partial charge is 0.326 e. The summed E-state index contributed by atoms with van der Waals surface area (Å²) in [5, 5.41) is 18.7. The van der Waals surface area contributed by atoms with Crippen molar-refractivity contribution in [2.45, 2.75) is 83.7 Å². The van der Waals surface area contributed by atoms with Crippen LogP contribution in [-0.4, -0.2) is 66.8 Å². The molecule has 0 unspecified atom stereocenters. The summed E-state index contributed by atoms with van der Waals surface area (Å²) in [5.74, 6) is -2.11. The Bertz CT molecular complexity index is 1450. The lowest BCUT2D eigenvalue weighted by molar-refractivity contribution is -0.155. The molecule has 0 radical (unpaired) electrons. The molecule has 4 rings (SSSR count). The van der Waals surface area contributed by atoms with Crippen LogP contribution in [0.4, 0.5) is 0 Å². The molecule has 45 heavy (non-hydrogen) atoms. The first-order valence-corrected chi connectivity index (χ1v) is 15.7. The Morgan fingerprint density at radius 1 is 1.11 bits per heavy atom. The zero-order chi connectivity index (χ0) is 32.6. The number of nitriles is 1. The van der Waals surface area contributed by atoms with Gasteiger partial charge in [-0.25, -0.2) is 0 Å². The van der Waals surface area contributed by atoms with Crippen LogP contribution < -0.4 is 20.7 Å². The molecular formula is C33H43N5O7. The van der Waals surface area contributed by atoms with E-state index in [1.165, 1.54) is 0 Å². The van der Waals surface area contributed by atoms with Crippen molar-refractivity contribution in [1.82, 2.24) is 20.9 Å². The minimum absolute atomic E-state index is 0.0264. The second kappa shape index (κ2) is 15.1. The maximum absolute atomic E-state index is 13.7. The minimum Gasteiger partial charge on any atom is -0.496 e. The first-order chi connectivity index (χ1) is 21.6. The molecule has 0 bridgehead atoms. The summed E-state index contributed by atoms with van der Waals surface area (Å²) < 4.78 is 10.7. The van der Waals surface area contributed by atoms with Crippen LogP contribution in [0.3, 0.4) is 0 Å². The van der Waals surface area contributed by atoms with E-state index in [1.807, 2.05) is 19.9 Å². The van der Waals surface area contributed by atoms with Gasteiger partial charge in [0.15, 0.2) is 17.8 Å². The summed E-state index contributed by atoms with van der Waals surface area (Å²) >= 11 is 0. The van der Waals surface area contributed by atoms with E-state index >= 15 is 0 Å². The van der Waals surface area contributed by atoms with Crippen molar-refractivity contribution in [3.8, 4) is 11.8 Å². The average Bonchev–Trinajstić information content (AvgIpc) is 3.70. The highest BCUT2D eigenvalue weighted by molar-refractivity contribution is 6.02. The summed E-state index contributed by atoms with van der Waals surface area (Å²) in [4.78, 5) is 68.6. The quantitative estimate of drug-likeness (QED) is 0.232. The van der Waals surface area contributed by atoms with Gasteiger partial charge in [0.1, 0.15) is 17.5 Å². The van der Waals surface area contributed by atoms with Crippen molar-refractivity contribution in [2.75, 3.05) is 20.3 Å². The number of carbonyl (C=O) groups excluding carboxylic acids is 5. The lowest BCUT2D eigenvalue weighted by atomic mass is 9.88. The number of aromatic amines is 1. The predicted molar refractivity (Wildman–Crippen MR) is 165 cm³/mol. The topological polar surface area (TPSA) is 179 Å². The van der Waals surface area contributed by atoms with E-state index in [4.69, 9.17) is 9.47 Å². The van der Waals surface area contributed by atoms with Gasteiger partial charge in [-0.05, 0) is 69.1 Å². The van der Waals surface area contributed by atoms with Gasteiger partial charge in [-0.2, -0.15) is 5.26 Å². The van der Waals surface area contributed by atoms with Crippen LogP contribution in [0.2, 0.25) is 0 Å². The van der Waals surface area contributed by atoms with Crippen molar-refractivity contribution < 1.29 is 33.4 Å². The number of hydrogen-bond donors (Lipinski definition) is 4. The van der Waals surface area contributed by atoms with Crippen LogP contribution in [0.15, 0.2) is 24.3 Å². The average molecular weight is 622 g/mol. The molecule has 2 aromatic rings. The number of nitrogens with zero attached hydrogens (tertiary/aromatic N) is 1. The Morgan fingerprint density at radius 2 is 1.87 bits per heavy atom.